The molecule has 1 aromatic carbocycles. The van der Waals surface area contributed by atoms with Crippen molar-refractivity contribution in [2.75, 3.05) is 6.54 Å². The zero-order valence-corrected chi connectivity index (χ0v) is 8.78. The molecule has 0 fully saturated rings. The van der Waals surface area contributed by atoms with Gasteiger partial charge in [-0.1, -0.05) is 30.1 Å². The van der Waals surface area contributed by atoms with Crippen molar-refractivity contribution < 1.29 is 5.11 Å². The lowest BCUT2D eigenvalue weighted by atomic mass is 10.2. The molecule has 0 saturated heterocycles. The van der Waals surface area contributed by atoms with Gasteiger partial charge in [0.15, 0.2) is 0 Å². The van der Waals surface area contributed by atoms with Crippen LogP contribution in [0.4, 0.5) is 0 Å². The number of benzene rings is 1. The van der Waals surface area contributed by atoms with Gasteiger partial charge in [-0.2, -0.15) is 0 Å². The molecular formula is C9H11Cl2NO. The van der Waals surface area contributed by atoms with E-state index < -0.39 is 0 Å². The molecule has 0 radical (unpaired) electrons. The molecule has 0 aliphatic heterocycles. The standard InChI is InChI=1S/C9H11Cl2NO/c1-2-12-5-6-3-7(10)4-8(11)9(6)13/h3-4,12-13H,2,5H2,1H3. The molecule has 72 valence electrons. The molecule has 0 atom stereocenters. The number of nitrogens with one attached hydrogen (secondary N) is 1. The summed E-state index contributed by atoms with van der Waals surface area (Å²) in [6.07, 6.45) is 0. The van der Waals surface area contributed by atoms with Gasteiger partial charge in [0.05, 0.1) is 5.02 Å². The number of hydrogen-bond acceptors (Lipinski definition) is 2. The van der Waals surface area contributed by atoms with Gasteiger partial charge in [-0.3, -0.25) is 0 Å². The number of aromatic hydroxyl groups is 1. The molecule has 4 heteroatoms. The van der Waals surface area contributed by atoms with E-state index in [2.05, 4.69) is 5.32 Å². The van der Waals surface area contributed by atoms with Crippen molar-refractivity contribution in [3.05, 3.63) is 27.7 Å². The van der Waals surface area contributed by atoms with E-state index in [-0.39, 0.29) is 5.75 Å². The summed E-state index contributed by atoms with van der Waals surface area (Å²) in [6, 6.07) is 3.22. The lowest BCUT2D eigenvalue weighted by Gasteiger charge is -2.07. The number of rotatable bonds is 3. The van der Waals surface area contributed by atoms with Gasteiger partial charge in [-0.25, -0.2) is 0 Å². The van der Waals surface area contributed by atoms with Gasteiger partial charge in [-0.05, 0) is 18.7 Å². The minimum absolute atomic E-state index is 0.104. The lowest BCUT2D eigenvalue weighted by molar-refractivity contribution is 0.465. The second-order valence-corrected chi connectivity index (χ2v) is 3.52. The predicted octanol–water partition coefficient (Wildman–Crippen LogP) is 2.81. The molecule has 13 heavy (non-hydrogen) atoms. The van der Waals surface area contributed by atoms with E-state index in [1.54, 1.807) is 6.07 Å². The molecule has 2 N–H and O–H groups in total. The molecule has 0 spiro atoms. The molecule has 0 bridgehead atoms. The van der Waals surface area contributed by atoms with Crippen LogP contribution in [0, 0.1) is 0 Å². The minimum Gasteiger partial charge on any atom is -0.506 e. The third-order valence-electron chi connectivity index (χ3n) is 1.67. The van der Waals surface area contributed by atoms with Gasteiger partial charge in [0.2, 0.25) is 0 Å². The van der Waals surface area contributed by atoms with E-state index in [4.69, 9.17) is 23.2 Å². The average molecular weight is 220 g/mol. The van der Waals surface area contributed by atoms with Crippen molar-refractivity contribution in [2.45, 2.75) is 13.5 Å². The van der Waals surface area contributed by atoms with Crippen LogP contribution >= 0.6 is 23.2 Å². The molecular weight excluding hydrogens is 209 g/mol. The van der Waals surface area contributed by atoms with Crippen LogP contribution in [0.1, 0.15) is 12.5 Å². The van der Waals surface area contributed by atoms with Gasteiger partial charge in [-0.15, -0.1) is 0 Å². The molecule has 1 aromatic rings. The highest BCUT2D eigenvalue weighted by Gasteiger charge is 2.06. The summed E-state index contributed by atoms with van der Waals surface area (Å²) in [6.45, 7) is 3.40. The Kier molecular flexibility index (Phi) is 3.85. The number of phenolic OH excluding ortho intramolecular Hbond substituents is 1. The molecule has 0 heterocycles. The molecule has 1 rings (SSSR count). The molecule has 2 nitrogen and oxygen atoms in total. The first-order valence-electron chi connectivity index (χ1n) is 4.02. The van der Waals surface area contributed by atoms with Crippen molar-refractivity contribution in [2.24, 2.45) is 0 Å². The quantitative estimate of drug-likeness (QED) is 0.820. The van der Waals surface area contributed by atoms with Gasteiger partial charge in [0.25, 0.3) is 0 Å². The fraction of sp³-hybridized carbons (Fsp3) is 0.333. The van der Waals surface area contributed by atoms with E-state index in [1.807, 2.05) is 6.92 Å². The van der Waals surface area contributed by atoms with E-state index >= 15 is 0 Å². The highest BCUT2D eigenvalue weighted by molar-refractivity contribution is 6.35. The zero-order valence-electron chi connectivity index (χ0n) is 7.27. The van der Waals surface area contributed by atoms with E-state index in [0.29, 0.717) is 16.6 Å². The van der Waals surface area contributed by atoms with E-state index in [9.17, 15) is 5.11 Å². The highest BCUT2D eigenvalue weighted by Crippen LogP contribution is 2.30. The molecule has 0 amide bonds. The normalized spacial score (nSPS) is 10.4. The van der Waals surface area contributed by atoms with E-state index in [0.717, 1.165) is 12.1 Å². The van der Waals surface area contributed by atoms with Gasteiger partial charge < -0.3 is 10.4 Å². The number of phenols is 1. The number of halogens is 2. The van der Waals surface area contributed by atoms with Crippen LogP contribution in [-0.2, 0) is 6.54 Å². The van der Waals surface area contributed by atoms with Crippen LogP contribution in [0.25, 0.3) is 0 Å². The zero-order chi connectivity index (χ0) is 9.84. The van der Waals surface area contributed by atoms with E-state index in [1.165, 1.54) is 6.07 Å². The Morgan fingerprint density at radius 3 is 2.69 bits per heavy atom. The Hall–Kier alpha value is -0.440. The van der Waals surface area contributed by atoms with Gasteiger partial charge in [0, 0.05) is 17.1 Å². The second-order valence-electron chi connectivity index (χ2n) is 2.68. The highest BCUT2D eigenvalue weighted by atomic mass is 35.5. The molecule has 0 aromatic heterocycles. The first kappa shape index (κ1) is 10.6. The van der Waals surface area contributed by atoms with Crippen molar-refractivity contribution in [1.82, 2.24) is 5.32 Å². The molecule has 0 saturated carbocycles. The summed E-state index contributed by atoms with van der Waals surface area (Å²) < 4.78 is 0. The monoisotopic (exact) mass is 219 g/mol. The number of hydrogen-bond donors (Lipinski definition) is 2. The van der Waals surface area contributed by atoms with Gasteiger partial charge in [0.1, 0.15) is 5.75 Å². The summed E-state index contributed by atoms with van der Waals surface area (Å²) in [5, 5.41) is 13.4. The summed E-state index contributed by atoms with van der Waals surface area (Å²) >= 11 is 11.5. The molecule has 0 aliphatic carbocycles. The topological polar surface area (TPSA) is 32.3 Å². The summed E-state index contributed by atoms with van der Waals surface area (Å²) in [5.41, 5.74) is 0.722. The lowest BCUT2D eigenvalue weighted by Crippen LogP contribution is -2.11. The van der Waals surface area contributed by atoms with Crippen molar-refractivity contribution in [3.63, 3.8) is 0 Å². The van der Waals surface area contributed by atoms with Crippen LogP contribution in [0.15, 0.2) is 12.1 Å². The maximum atomic E-state index is 9.52. The average Bonchev–Trinajstić information content (AvgIpc) is 2.09. The van der Waals surface area contributed by atoms with Gasteiger partial charge >= 0.3 is 0 Å². The third-order valence-corrected chi connectivity index (χ3v) is 2.18. The van der Waals surface area contributed by atoms with Crippen LogP contribution in [-0.4, -0.2) is 11.7 Å². The predicted molar refractivity (Wildman–Crippen MR) is 55.5 cm³/mol. The minimum atomic E-state index is 0.104. The Morgan fingerprint density at radius 1 is 1.38 bits per heavy atom. The molecule has 0 aliphatic rings. The molecule has 0 unspecified atom stereocenters. The van der Waals surface area contributed by atoms with Crippen LogP contribution < -0.4 is 5.32 Å². The Morgan fingerprint density at radius 2 is 2.08 bits per heavy atom. The SMILES string of the molecule is CCNCc1cc(Cl)cc(Cl)c1O. The summed E-state index contributed by atoms with van der Waals surface area (Å²) in [4.78, 5) is 0. The Balaban J connectivity index is 2.92. The van der Waals surface area contributed by atoms with Crippen LogP contribution in [0.2, 0.25) is 10.0 Å². The maximum Gasteiger partial charge on any atom is 0.138 e. The third kappa shape index (κ3) is 2.76. The van der Waals surface area contributed by atoms with Crippen LogP contribution in [0.3, 0.4) is 0 Å². The van der Waals surface area contributed by atoms with Crippen molar-refractivity contribution in [3.8, 4) is 5.75 Å². The smallest absolute Gasteiger partial charge is 0.138 e. The first-order chi connectivity index (χ1) is 6.15. The van der Waals surface area contributed by atoms with Crippen LogP contribution in [0.5, 0.6) is 5.75 Å². The summed E-state index contributed by atoms with van der Waals surface area (Å²) in [5.74, 6) is 0.104. The first-order valence-corrected chi connectivity index (χ1v) is 4.78. The van der Waals surface area contributed by atoms with Crippen molar-refractivity contribution >= 4 is 23.2 Å². The fourth-order valence-corrected chi connectivity index (χ4v) is 1.55. The Bertz CT molecular complexity index is 302. The van der Waals surface area contributed by atoms with Crippen molar-refractivity contribution in [1.29, 1.82) is 0 Å². The summed E-state index contributed by atoms with van der Waals surface area (Å²) in [7, 11) is 0. The maximum absolute atomic E-state index is 9.52. The second kappa shape index (κ2) is 4.70. The fourth-order valence-electron chi connectivity index (χ4n) is 1.01. The Labute approximate surface area is 87.5 Å². The largest absolute Gasteiger partial charge is 0.506 e.